The van der Waals surface area contributed by atoms with Crippen molar-refractivity contribution in [2.45, 2.75) is 0 Å². The standard InChI is InChI=1S/C16H15Br2N3O3/c1-23-14-9(7-11(17)15(24-2)13(14)18)8-20-21-16(22)10-5-3-4-6-12(10)19/h3-8H,19H2,1-2H3,(H,21,22)/b20-8-. The van der Waals surface area contributed by atoms with Crippen LogP contribution in [0, 0.1) is 0 Å². The summed E-state index contributed by atoms with van der Waals surface area (Å²) in [6, 6.07) is 8.54. The zero-order valence-corrected chi connectivity index (χ0v) is 16.1. The van der Waals surface area contributed by atoms with Crippen molar-refractivity contribution in [2.75, 3.05) is 20.0 Å². The maximum absolute atomic E-state index is 12.1. The first kappa shape index (κ1) is 18.3. The molecule has 0 fully saturated rings. The monoisotopic (exact) mass is 455 g/mol. The molecule has 1 amide bonds. The molecule has 2 rings (SSSR count). The van der Waals surface area contributed by atoms with Crippen LogP contribution in [0.4, 0.5) is 5.69 Å². The van der Waals surface area contributed by atoms with Crippen LogP contribution in [-0.2, 0) is 0 Å². The number of halogens is 2. The van der Waals surface area contributed by atoms with Crippen LogP contribution in [0.2, 0.25) is 0 Å². The highest BCUT2D eigenvalue weighted by atomic mass is 79.9. The number of benzene rings is 2. The molecule has 0 spiro atoms. The normalized spacial score (nSPS) is 10.7. The molecule has 0 aliphatic rings. The molecule has 0 unspecified atom stereocenters. The van der Waals surface area contributed by atoms with Gasteiger partial charge in [-0.15, -0.1) is 0 Å². The van der Waals surface area contributed by atoms with Gasteiger partial charge in [0.25, 0.3) is 5.91 Å². The third kappa shape index (κ3) is 3.88. The van der Waals surface area contributed by atoms with Crippen LogP contribution in [0.5, 0.6) is 11.5 Å². The van der Waals surface area contributed by atoms with Crippen LogP contribution >= 0.6 is 31.9 Å². The summed E-state index contributed by atoms with van der Waals surface area (Å²) in [6.45, 7) is 0. The second-order valence-electron chi connectivity index (χ2n) is 4.61. The van der Waals surface area contributed by atoms with E-state index in [2.05, 4.69) is 42.4 Å². The Labute approximate surface area is 156 Å². The van der Waals surface area contributed by atoms with Gasteiger partial charge in [-0.1, -0.05) is 12.1 Å². The van der Waals surface area contributed by atoms with E-state index in [0.717, 1.165) is 4.47 Å². The number of nitrogens with one attached hydrogen (secondary N) is 1. The Morgan fingerprint density at radius 3 is 2.50 bits per heavy atom. The first-order valence-electron chi connectivity index (χ1n) is 6.77. The third-order valence-corrected chi connectivity index (χ3v) is 4.45. The first-order valence-corrected chi connectivity index (χ1v) is 8.36. The Bertz CT molecular complexity index is 794. The molecule has 2 aromatic carbocycles. The van der Waals surface area contributed by atoms with E-state index in [1.54, 1.807) is 37.4 Å². The van der Waals surface area contributed by atoms with Crippen LogP contribution < -0.4 is 20.6 Å². The molecule has 0 radical (unpaired) electrons. The summed E-state index contributed by atoms with van der Waals surface area (Å²) in [6.07, 6.45) is 1.48. The number of anilines is 1. The fourth-order valence-electron chi connectivity index (χ4n) is 2.02. The fourth-order valence-corrected chi connectivity index (χ4v) is 3.66. The largest absolute Gasteiger partial charge is 0.495 e. The molecule has 126 valence electrons. The second kappa shape index (κ2) is 8.16. The van der Waals surface area contributed by atoms with Gasteiger partial charge in [0.15, 0.2) is 5.75 Å². The lowest BCUT2D eigenvalue weighted by Crippen LogP contribution is -2.19. The number of nitrogens with two attached hydrogens (primary N) is 1. The second-order valence-corrected chi connectivity index (χ2v) is 6.26. The smallest absolute Gasteiger partial charge is 0.273 e. The summed E-state index contributed by atoms with van der Waals surface area (Å²) in [7, 11) is 3.09. The topological polar surface area (TPSA) is 85.9 Å². The molecule has 0 saturated carbocycles. The van der Waals surface area contributed by atoms with E-state index >= 15 is 0 Å². The molecule has 24 heavy (non-hydrogen) atoms. The van der Waals surface area contributed by atoms with Crippen LogP contribution in [0.1, 0.15) is 15.9 Å². The van der Waals surface area contributed by atoms with Gasteiger partial charge in [-0.2, -0.15) is 5.10 Å². The zero-order chi connectivity index (χ0) is 17.7. The molecule has 0 aliphatic carbocycles. The number of hydrogen-bond donors (Lipinski definition) is 2. The summed E-state index contributed by atoms with van der Waals surface area (Å²) in [5, 5.41) is 3.96. The van der Waals surface area contributed by atoms with Gasteiger partial charge in [0.2, 0.25) is 0 Å². The molecule has 3 N–H and O–H groups in total. The van der Waals surface area contributed by atoms with Crippen molar-refractivity contribution in [3.05, 3.63) is 50.4 Å². The molecule has 0 bridgehead atoms. The maximum atomic E-state index is 12.1. The number of rotatable bonds is 5. The molecular weight excluding hydrogens is 442 g/mol. The van der Waals surface area contributed by atoms with Gasteiger partial charge in [0.1, 0.15) is 10.2 Å². The highest BCUT2D eigenvalue weighted by Gasteiger charge is 2.16. The van der Waals surface area contributed by atoms with Gasteiger partial charge in [0.05, 0.1) is 30.5 Å². The van der Waals surface area contributed by atoms with Crippen molar-refractivity contribution in [2.24, 2.45) is 5.10 Å². The number of carbonyl (C=O) groups excluding carboxylic acids is 1. The molecular formula is C16H15Br2N3O3. The lowest BCUT2D eigenvalue weighted by molar-refractivity contribution is 0.0956. The summed E-state index contributed by atoms with van der Waals surface area (Å²) in [5.41, 5.74) is 9.60. The summed E-state index contributed by atoms with van der Waals surface area (Å²) in [5.74, 6) is 0.743. The summed E-state index contributed by atoms with van der Waals surface area (Å²) in [4.78, 5) is 12.1. The van der Waals surface area contributed by atoms with Crippen molar-refractivity contribution >= 4 is 49.7 Å². The van der Waals surface area contributed by atoms with E-state index in [9.17, 15) is 4.79 Å². The fraction of sp³-hybridized carbons (Fsp3) is 0.125. The minimum atomic E-state index is -0.394. The number of amides is 1. The SMILES string of the molecule is COc1c(Br)cc(/C=N\NC(=O)c2ccccc2N)c(OC)c1Br. The summed E-state index contributed by atoms with van der Waals surface area (Å²) >= 11 is 6.84. The highest BCUT2D eigenvalue weighted by Crippen LogP contribution is 2.42. The number of para-hydroxylation sites is 1. The van der Waals surface area contributed by atoms with Gasteiger partial charge in [-0.3, -0.25) is 4.79 Å². The van der Waals surface area contributed by atoms with E-state index in [1.165, 1.54) is 13.3 Å². The number of ether oxygens (including phenoxy) is 2. The van der Waals surface area contributed by atoms with Gasteiger partial charge >= 0.3 is 0 Å². The average molecular weight is 457 g/mol. The Morgan fingerprint density at radius 2 is 1.88 bits per heavy atom. The molecule has 6 nitrogen and oxygen atoms in total. The maximum Gasteiger partial charge on any atom is 0.273 e. The van der Waals surface area contributed by atoms with E-state index < -0.39 is 5.91 Å². The first-order chi connectivity index (χ1) is 11.5. The third-order valence-electron chi connectivity index (χ3n) is 3.14. The number of carbonyl (C=O) groups is 1. The van der Waals surface area contributed by atoms with Crippen molar-refractivity contribution in [3.63, 3.8) is 0 Å². The van der Waals surface area contributed by atoms with Gasteiger partial charge in [0, 0.05) is 11.3 Å². The Balaban J connectivity index is 2.23. The van der Waals surface area contributed by atoms with Crippen LogP contribution in [0.25, 0.3) is 0 Å². The molecule has 2 aromatic rings. The molecule has 0 atom stereocenters. The number of hydrazone groups is 1. The molecule has 0 aliphatic heterocycles. The number of methoxy groups -OCH3 is 2. The molecule has 0 saturated heterocycles. The Morgan fingerprint density at radius 1 is 1.21 bits per heavy atom. The lowest BCUT2D eigenvalue weighted by atomic mass is 10.2. The van der Waals surface area contributed by atoms with E-state index in [0.29, 0.717) is 32.8 Å². The Hall–Kier alpha value is -2.06. The molecule has 8 heteroatoms. The van der Waals surface area contributed by atoms with E-state index in [1.807, 2.05) is 0 Å². The summed E-state index contributed by atoms with van der Waals surface area (Å²) < 4.78 is 12.0. The van der Waals surface area contributed by atoms with Crippen LogP contribution in [-0.4, -0.2) is 26.3 Å². The van der Waals surface area contributed by atoms with Crippen molar-refractivity contribution < 1.29 is 14.3 Å². The number of nitrogen functional groups attached to an aromatic ring is 1. The molecule has 0 aromatic heterocycles. The van der Waals surface area contributed by atoms with Crippen LogP contribution in [0.3, 0.4) is 0 Å². The van der Waals surface area contributed by atoms with Gasteiger partial charge in [-0.05, 0) is 50.1 Å². The number of nitrogens with zero attached hydrogens (tertiary/aromatic N) is 1. The van der Waals surface area contributed by atoms with E-state index in [4.69, 9.17) is 15.2 Å². The Kier molecular flexibility index (Phi) is 6.22. The molecule has 0 heterocycles. The predicted octanol–water partition coefficient (Wildman–Crippen LogP) is 3.57. The zero-order valence-electron chi connectivity index (χ0n) is 13.0. The van der Waals surface area contributed by atoms with Crippen LogP contribution in [0.15, 0.2) is 44.4 Å². The van der Waals surface area contributed by atoms with Crippen molar-refractivity contribution in [3.8, 4) is 11.5 Å². The predicted molar refractivity (Wildman–Crippen MR) is 101 cm³/mol. The van der Waals surface area contributed by atoms with Crippen molar-refractivity contribution in [1.82, 2.24) is 5.43 Å². The van der Waals surface area contributed by atoms with Gasteiger partial charge < -0.3 is 15.2 Å². The number of hydrogen-bond acceptors (Lipinski definition) is 5. The highest BCUT2D eigenvalue weighted by molar-refractivity contribution is 9.11. The quantitative estimate of drug-likeness (QED) is 0.409. The van der Waals surface area contributed by atoms with Gasteiger partial charge in [-0.25, -0.2) is 5.43 Å². The average Bonchev–Trinajstić information content (AvgIpc) is 2.55. The minimum Gasteiger partial charge on any atom is -0.495 e. The lowest BCUT2D eigenvalue weighted by Gasteiger charge is -2.13. The minimum absolute atomic E-state index is 0.360. The van der Waals surface area contributed by atoms with E-state index in [-0.39, 0.29) is 0 Å². The van der Waals surface area contributed by atoms with Crippen molar-refractivity contribution in [1.29, 1.82) is 0 Å².